The van der Waals surface area contributed by atoms with Gasteiger partial charge in [0.05, 0.1) is 12.7 Å². The van der Waals surface area contributed by atoms with Crippen molar-refractivity contribution in [1.29, 1.82) is 0 Å². The highest BCUT2D eigenvalue weighted by Crippen LogP contribution is 2.40. The zero-order valence-electron chi connectivity index (χ0n) is 17.5. The van der Waals surface area contributed by atoms with Crippen molar-refractivity contribution in [1.82, 2.24) is 14.8 Å². The lowest BCUT2D eigenvalue weighted by atomic mass is 9.78. The average Bonchev–Trinajstić information content (AvgIpc) is 3.47. The van der Waals surface area contributed by atoms with Crippen molar-refractivity contribution in [2.45, 2.75) is 19.3 Å². The van der Waals surface area contributed by atoms with E-state index in [0.29, 0.717) is 37.4 Å². The predicted molar refractivity (Wildman–Crippen MR) is 118 cm³/mol. The highest BCUT2D eigenvalue weighted by atomic mass is 32.1. The molecule has 2 aromatic heterocycles. The van der Waals surface area contributed by atoms with Crippen LogP contribution in [0, 0.1) is 5.41 Å². The highest BCUT2D eigenvalue weighted by molar-refractivity contribution is 7.08. The van der Waals surface area contributed by atoms with Crippen LogP contribution in [0.5, 0.6) is 0 Å². The van der Waals surface area contributed by atoms with Gasteiger partial charge in [0.15, 0.2) is 0 Å². The van der Waals surface area contributed by atoms with Gasteiger partial charge in [-0.1, -0.05) is 0 Å². The van der Waals surface area contributed by atoms with E-state index in [2.05, 4.69) is 9.72 Å². The van der Waals surface area contributed by atoms with Gasteiger partial charge in [-0.25, -0.2) is 4.79 Å². The van der Waals surface area contributed by atoms with E-state index < -0.39 is 5.97 Å². The Morgan fingerprint density at radius 3 is 2.45 bits per heavy atom. The fourth-order valence-electron chi connectivity index (χ4n) is 4.28. The minimum Gasteiger partial charge on any atom is -0.465 e. The first-order chi connectivity index (χ1) is 15.0. The van der Waals surface area contributed by atoms with E-state index in [1.165, 1.54) is 13.3 Å². The predicted octanol–water partition coefficient (Wildman–Crippen LogP) is 3.10. The molecule has 1 spiro atoms. The van der Waals surface area contributed by atoms with Gasteiger partial charge in [-0.05, 0) is 65.3 Å². The Hall–Kier alpha value is -3.00. The van der Waals surface area contributed by atoms with E-state index >= 15 is 0 Å². The molecule has 4 heterocycles. The molecule has 0 aliphatic carbocycles. The lowest BCUT2D eigenvalue weighted by Gasteiger charge is -2.38. The van der Waals surface area contributed by atoms with E-state index in [9.17, 15) is 14.4 Å². The van der Waals surface area contributed by atoms with Crippen molar-refractivity contribution >= 4 is 35.2 Å². The standard InChI is InChI=1S/C23H25N3O4S/c1-30-22(29)18-3-4-19(24-14-18)21(28)26-12-9-23(16-26)7-10-25(11-8-23)20(27)5-2-17-6-13-31-15-17/h2-6,13-15H,7-12,16H2,1H3. The van der Waals surface area contributed by atoms with E-state index in [4.69, 9.17) is 0 Å². The number of piperidine rings is 1. The summed E-state index contributed by atoms with van der Waals surface area (Å²) in [5.74, 6) is -0.550. The third-order valence-corrected chi connectivity index (χ3v) is 6.93. The number of ether oxygens (including phenoxy) is 1. The summed E-state index contributed by atoms with van der Waals surface area (Å²) in [4.78, 5) is 44.8. The normalized spacial score (nSPS) is 18.0. The topological polar surface area (TPSA) is 79.8 Å². The van der Waals surface area contributed by atoms with Gasteiger partial charge < -0.3 is 14.5 Å². The first-order valence-corrected chi connectivity index (χ1v) is 11.3. The number of carbonyl (C=O) groups excluding carboxylic acids is 3. The quantitative estimate of drug-likeness (QED) is 0.540. The molecule has 2 saturated heterocycles. The molecule has 2 fully saturated rings. The highest BCUT2D eigenvalue weighted by Gasteiger charge is 2.42. The monoisotopic (exact) mass is 439 g/mol. The number of amides is 2. The van der Waals surface area contributed by atoms with Gasteiger partial charge in [0, 0.05) is 38.5 Å². The molecule has 162 valence electrons. The van der Waals surface area contributed by atoms with Crippen LogP contribution in [0.4, 0.5) is 0 Å². The van der Waals surface area contributed by atoms with Crippen LogP contribution in [0.2, 0.25) is 0 Å². The first-order valence-electron chi connectivity index (χ1n) is 10.3. The van der Waals surface area contributed by atoms with E-state index in [-0.39, 0.29) is 17.2 Å². The SMILES string of the molecule is COC(=O)c1ccc(C(=O)N2CCC3(CCN(C(=O)C=Cc4ccsc4)CC3)C2)nc1. The molecule has 2 amide bonds. The summed E-state index contributed by atoms with van der Waals surface area (Å²) in [5.41, 5.74) is 1.76. The largest absolute Gasteiger partial charge is 0.465 e. The Morgan fingerprint density at radius 2 is 1.84 bits per heavy atom. The number of likely N-dealkylation sites (tertiary alicyclic amines) is 2. The summed E-state index contributed by atoms with van der Waals surface area (Å²) in [6.45, 7) is 2.78. The Bertz CT molecular complexity index is 977. The zero-order chi connectivity index (χ0) is 21.8. The van der Waals surface area contributed by atoms with Gasteiger partial charge in [-0.3, -0.25) is 14.6 Å². The van der Waals surface area contributed by atoms with Gasteiger partial charge >= 0.3 is 5.97 Å². The van der Waals surface area contributed by atoms with Crippen molar-refractivity contribution in [2.24, 2.45) is 5.41 Å². The molecule has 0 saturated carbocycles. The summed E-state index contributed by atoms with van der Waals surface area (Å²) >= 11 is 1.61. The molecule has 31 heavy (non-hydrogen) atoms. The molecule has 7 nitrogen and oxygen atoms in total. The van der Waals surface area contributed by atoms with Gasteiger partial charge in [0.2, 0.25) is 5.91 Å². The maximum absolute atomic E-state index is 12.9. The third kappa shape index (κ3) is 4.69. The van der Waals surface area contributed by atoms with Gasteiger partial charge in [0.1, 0.15) is 5.69 Å². The molecule has 0 radical (unpaired) electrons. The van der Waals surface area contributed by atoms with Crippen LogP contribution in [0.3, 0.4) is 0 Å². The minimum atomic E-state index is -0.474. The Morgan fingerprint density at radius 1 is 1.10 bits per heavy atom. The fourth-order valence-corrected chi connectivity index (χ4v) is 4.91. The lowest BCUT2D eigenvalue weighted by molar-refractivity contribution is -0.128. The number of hydrogen-bond acceptors (Lipinski definition) is 6. The maximum Gasteiger partial charge on any atom is 0.339 e. The van der Waals surface area contributed by atoms with Crippen LogP contribution in [0.15, 0.2) is 41.2 Å². The van der Waals surface area contributed by atoms with E-state index in [0.717, 1.165) is 24.8 Å². The van der Waals surface area contributed by atoms with Gasteiger partial charge in [0.25, 0.3) is 5.91 Å². The second-order valence-corrected chi connectivity index (χ2v) is 8.90. The molecular formula is C23H25N3O4S. The molecule has 2 aliphatic rings. The summed E-state index contributed by atoms with van der Waals surface area (Å²) in [7, 11) is 1.31. The molecular weight excluding hydrogens is 414 g/mol. The minimum absolute atomic E-state index is 0.0434. The molecule has 0 bridgehead atoms. The fraction of sp³-hybridized carbons (Fsp3) is 0.391. The molecule has 0 N–H and O–H groups in total. The van der Waals surface area contributed by atoms with Crippen LogP contribution in [-0.2, 0) is 9.53 Å². The number of aromatic nitrogens is 1. The Kier molecular flexibility index (Phi) is 6.18. The van der Waals surface area contributed by atoms with E-state index in [1.54, 1.807) is 29.5 Å². The molecule has 2 aromatic rings. The molecule has 0 aromatic carbocycles. The third-order valence-electron chi connectivity index (χ3n) is 6.23. The van der Waals surface area contributed by atoms with Gasteiger partial charge in [-0.15, -0.1) is 0 Å². The van der Waals surface area contributed by atoms with E-state index in [1.807, 2.05) is 32.7 Å². The van der Waals surface area contributed by atoms with Crippen molar-refractivity contribution in [3.05, 3.63) is 58.1 Å². The summed E-state index contributed by atoms with van der Waals surface area (Å²) < 4.78 is 4.67. The number of thiophene rings is 1. The number of methoxy groups -OCH3 is 1. The second kappa shape index (κ2) is 9.01. The molecule has 0 unspecified atom stereocenters. The molecule has 8 heteroatoms. The second-order valence-electron chi connectivity index (χ2n) is 8.12. The zero-order valence-corrected chi connectivity index (χ0v) is 18.3. The number of rotatable bonds is 4. The van der Waals surface area contributed by atoms with Crippen LogP contribution in [-0.4, -0.2) is 65.9 Å². The average molecular weight is 440 g/mol. The maximum atomic E-state index is 12.9. The number of carbonyl (C=O) groups is 3. The van der Waals surface area contributed by atoms with Crippen LogP contribution >= 0.6 is 11.3 Å². The summed E-state index contributed by atoms with van der Waals surface area (Å²) in [6.07, 6.45) is 7.60. The van der Waals surface area contributed by atoms with Crippen LogP contribution < -0.4 is 0 Å². The molecule has 2 aliphatic heterocycles. The van der Waals surface area contributed by atoms with Crippen molar-refractivity contribution < 1.29 is 19.1 Å². The number of nitrogens with zero attached hydrogens (tertiary/aromatic N) is 3. The summed E-state index contributed by atoms with van der Waals surface area (Å²) in [5, 5.41) is 4.00. The smallest absolute Gasteiger partial charge is 0.339 e. The summed E-state index contributed by atoms with van der Waals surface area (Å²) in [6, 6.07) is 5.12. The number of hydrogen-bond donors (Lipinski definition) is 0. The molecule has 0 atom stereocenters. The van der Waals surface area contributed by atoms with Crippen molar-refractivity contribution in [3.63, 3.8) is 0 Å². The van der Waals surface area contributed by atoms with Crippen LogP contribution in [0.1, 0.15) is 45.7 Å². The molecule has 4 rings (SSSR count). The van der Waals surface area contributed by atoms with Crippen molar-refractivity contribution in [2.75, 3.05) is 33.3 Å². The Balaban J connectivity index is 1.32. The number of pyridine rings is 1. The first kappa shape index (κ1) is 21.2. The van der Waals surface area contributed by atoms with Gasteiger partial charge in [-0.2, -0.15) is 11.3 Å². The van der Waals surface area contributed by atoms with Crippen LogP contribution in [0.25, 0.3) is 6.08 Å². The van der Waals surface area contributed by atoms with Crippen molar-refractivity contribution in [3.8, 4) is 0 Å². The lowest BCUT2D eigenvalue weighted by Crippen LogP contribution is -2.44. The Labute approximate surface area is 185 Å². The number of esters is 1.